The molecule has 1 aliphatic heterocycles. The molecule has 1 atom stereocenters. The number of benzene rings is 2. The molecule has 35 heavy (non-hydrogen) atoms. The van der Waals surface area contributed by atoms with E-state index in [-0.39, 0.29) is 34.0 Å². The van der Waals surface area contributed by atoms with E-state index in [0.717, 1.165) is 25.7 Å². The second kappa shape index (κ2) is 10.2. The molecule has 2 aliphatic rings. The van der Waals surface area contributed by atoms with E-state index in [9.17, 15) is 22.8 Å². The Balaban J connectivity index is 1.59. The monoisotopic (exact) mass is 537 g/mol. The van der Waals surface area contributed by atoms with Crippen LogP contribution >= 0.6 is 23.2 Å². The third-order valence-corrected chi connectivity index (χ3v) is 8.92. The van der Waals surface area contributed by atoms with Gasteiger partial charge in [0, 0.05) is 12.6 Å². The minimum absolute atomic E-state index is 0.0170. The molecule has 0 radical (unpaired) electrons. The van der Waals surface area contributed by atoms with Crippen molar-refractivity contribution >= 4 is 50.9 Å². The standard InChI is InChI=1S/C24H25Cl2N3O5S/c1-15(23(31)27-17-6-2-3-7-17)28(13-16-10-11-19(25)20(26)12-16)22(30)14-29-24(32)18-8-4-5-9-21(18)35(29,33)34/h4-5,8-12,15,17H,2-3,6-7,13-14H2,1H3,(H,27,31). The van der Waals surface area contributed by atoms with E-state index in [0.29, 0.717) is 14.9 Å². The quantitative estimate of drug-likeness (QED) is 0.580. The van der Waals surface area contributed by atoms with Crippen molar-refractivity contribution in [1.82, 2.24) is 14.5 Å². The molecule has 1 saturated carbocycles. The van der Waals surface area contributed by atoms with Crippen LogP contribution in [0.4, 0.5) is 0 Å². The van der Waals surface area contributed by atoms with Crippen molar-refractivity contribution in [1.29, 1.82) is 0 Å². The predicted octanol–water partition coefficient (Wildman–Crippen LogP) is 3.61. The number of carbonyl (C=O) groups excluding carboxylic acids is 3. The normalized spacial score (nSPS) is 17.8. The molecule has 0 spiro atoms. The summed E-state index contributed by atoms with van der Waals surface area (Å²) in [5, 5.41) is 3.60. The van der Waals surface area contributed by atoms with Crippen LogP contribution in [0.25, 0.3) is 0 Å². The molecule has 186 valence electrons. The number of nitrogens with zero attached hydrogens (tertiary/aromatic N) is 2. The highest BCUT2D eigenvalue weighted by Gasteiger charge is 2.43. The lowest BCUT2D eigenvalue weighted by Gasteiger charge is -2.31. The summed E-state index contributed by atoms with van der Waals surface area (Å²) in [5.74, 6) is -1.80. The van der Waals surface area contributed by atoms with E-state index in [1.165, 1.54) is 23.1 Å². The zero-order valence-electron chi connectivity index (χ0n) is 19.0. The largest absolute Gasteiger partial charge is 0.352 e. The van der Waals surface area contributed by atoms with Crippen molar-refractivity contribution in [3.8, 4) is 0 Å². The van der Waals surface area contributed by atoms with Crippen LogP contribution < -0.4 is 5.32 Å². The zero-order chi connectivity index (χ0) is 25.3. The molecule has 2 aromatic rings. The van der Waals surface area contributed by atoms with Crippen LogP contribution in [0, 0.1) is 0 Å². The highest BCUT2D eigenvalue weighted by atomic mass is 35.5. The summed E-state index contributed by atoms with van der Waals surface area (Å²) in [5.41, 5.74) is 0.621. The Kier molecular flexibility index (Phi) is 7.40. The van der Waals surface area contributed by atoms with Crippen LogP contribution in [-0.4, -0.2) is 54.0 Å². The molecule has 1 fully saturated rings. The second-order valence-corrected chi connectivity index (χ2v) is 11.4. The van der Waals surface area contributed by atoms with Gasteiger partial charge in [0.15, 0.2) is 0 Å². The molecule has 3 amide bonds. The Morgan fingerprint density at radius 3 is 2.46 bits per heavy atom. The van der Waals surface area contributed by atoms with Gasteiger partial charge in [-0.05, 0) is 49.6 Å². The summed E-state index contributed by atoms with van der Waals surface area (Å²) >= 11 is 12.1. The van der Waals surface area contributed by atoms with E-state index in [4.69, 9.17) is 23.2 Å². The van der Waals surface area contributed by atoms with Crippen LogP contribution in [0.1, 0.15) is 48.5 Å². The fraction of sp³-hybridized carbons (Fsp3) is 0.375. The molecular weight excluding hydrogens is 513 g/mol. The third kappa shape index (κ3) is 5.17. The number of carbonyl (C=O) groups is 3. The Hall–Kier alpha value is -2.62. The number of hydrogen-bond donors (Lipinski definition) is 1. The van der Waals surface area contributed by atoms with Crippen molar-refractivity contribution in [3.63, 3.8) is 0 Å². The number of fused-ring (bicyclic) bond motifs is 1. The van der Waals surface area contributed by atoms with Crippen molar-refractivity contribution in [2.24, 2.45) is 0 Å². The van der Waals surface area contributed by atoms with Gasteiger partial charge >= 0.3 is 0 Å². The molecule has 1 N–H and O–H groups in total. The van der Waals surface area contributed by atoms with E-state index in [1.807, 2.05) is 0 Å². The van der Waals surface area contributed by atoms with Crippen molar-refractivity contribution < 1.29 is 22.8 Å². The van der Waals surface area contributed by atoms with Gasteiger partial charge in [-0.2, -0.15) is 0 Å². The number of halogens is 2. The SMILES string of the molecule is CC(C(=O)NC1CCCC1)N(Cc1ccc(Cl)c(Cl)c1)C(=O)CN1C(=O)c2ccccc2S1(=O)=O. The van der Waals surface area contributed by atoms with Crippen molar-refractivity contribution in [2.45, 2.75) is 56.1 Å². The number of sulfonamides is 1. The molecule has 0 bridgehead atoms. The molecule has 1 heterocycles. The fourth-order valence-electron chi connectivity index (χ4n) is 4.41. The van der Waals surface area contributed by atoms with E-state index >= 15 is 0 Å². The van der Waals surface area contributed by atoms with Crippen LogP contribution in [0.3, 0.4) is 0 Å². The van der Waals surface area contributed by atoms with E-state index in [1.54, 1.807) is 31.2 Å². The van der Waals surface area contributed by atoms with Gasteiger partial charge in [0.05, 0.1) is 15.6 Å². The molecule has 4 rings (SSSR count). The lowest BCUT2D eigenvalue weighted by molar-refractivity contribution is -0.140. The van der Waals surface area contributed by atoms with Gasteiger partial charge in [-0.3, -0.25) is 14.4 Å². The molecule has 1 aliphatic carbocycles. The lowest BCUT2D eigenvalue weighted by Crippen LogP contribution is -2.52. The first-order valence-corrected chi connectivity index (χ1v) is 13.5. The van der Waals surface area contributed by atoms with E-state index in [2.05, 4.69) is 5.32 Å². The maximum absolute atomic E-state index is 13.5. The molecule has 0 saturated heterocycles. The molecule has 1 unspecified atom stereocenters. The Labute approximate surface area is 214 Å². The maximum atomic E-state index is 13.5. The Morgan fingerprint density at radius 1 is 1.11 bits per heavy atom. The molecule has 11 heteroatoms. The first kappa shape index (κ1) is 25.5. The Morgan fingerprint density at radius 2 is 1.80 bits per heavy atom. The van der Waals surface area contributed by atoms with Crippen LogP contribution in [0.2, 0.25) is 10.0 Å². The number of rotatable bonds is 7. The predicted molar refractivity (Wildman–Crippen MR) is 132 cm³/mol. The smallest absolute Gasteiger partial charge is 0.269 e. The molecular formula is C24H25Cl2N3O5S. The molecule has 0 aromatic heterocycles. The zero-order valence-corrected chi connectivity index (χ0v) is 21.4. The van der Waals surface area contributed by atoms with Crippen LogP contribution in [0.5, 0.6) is 0 Å². The summed E-state index contributed by atoms with van der Waals surface area (Å²) in [6, 6.07) is 9.77. The minimum atomic E-state index is -4.18. The van der Waals surface area contributed by atoms with Gasteiger partial charge in [-0.15, -0.1) is 0 Å². The number of amides is 3. The summed E-state index contributed by atoms with van der Waals surface area (Å²) in [6.45, 7) is 0.830. The van der Waals surface area contributed by atoms with Crippen LogP contribution in [-0.2, 0) is 26.2 Å². The Bertz CT molecular complexity index is 1280. The average molecular weight is 538 g/mol. The highest BCUT2D eigenvalue weighted by Crippen LogP contribution is 2.30. The topological polar surface area (TPSA) is 104 Å². The summed E-state index contributed by atoms with van der Waals surface area (Å²) in [6.07, 6.45) is 3.80. The van der Waals surface area contributed by atoms with Crippen LogP contribution in [0.15, 0.2) is 47.4 Å². The molecule has 2 aromatic carbocycles. The fourth-order valence-corrected chi connectivity index (χ4v) is 6.25. The molecule has 8 nitrogen and oxygen atoms in total. The average Bonchev–Trinajstić information content (AvgIpc) is 3.40. The summed E-state index contributed by atoms with van der Waals surface area (Å²) in [7, 11) is -4.18. The van der Waals surface area contributed by atoms with Gasteiger partial charge in [0.1, 0.15) is 17.5 Å². The highest BCUT2D eigenvalue weighted by molar-refractivity contribution is 7.90. The van der Waals surface area contributed by atoms with Gasteiger partial charge in [-0.25, -0.2) is 12.7 Å². The summed E-state index contributed by atoms with van der Waals surface area (Å²) in [4.78, 5) is 40.4. The number of nitrogens with one attached hydrogen (secondary N) is 1. The first-order chi connectivity index (χ1) is 16.6. The minimum Gasteiger partial charge on any atom is -0.352 e. The van der Waals surface area contributed by atoms with Gasteiger partial charge in [-0.1, -0.05) is 54.2 Å². The maximum Gasteiger partial charge on any atom is 0.269 e. The first-order valence-electron chi connectivity index (χ1n) is 11.3. The summed E-state index contributed by atoms with van der Waals surface area (Å²) < 4.78 is 26.5. The number of hydrogen-bond acceptors (Lipinski definition) is 5. The van der Waals surface area contributed by atoms with Crippen molar-refractivity contribution in [3.05, 3.63) is 63.6 Å². The van der Waals surface area contributed by atoms with Gasteiger partial charge in [0.25, 0.3) is 15.9 Å². The lowest BCUT2D eigenvalue weighted by atomic mass is 10.1. The second-order valence-electron chi connectivity index (χ2n) is 8.75. The third-order valence-electron chi connectivity index (χ3n) is 6.40. The van der Waals surface area contributed by atoms with Crippen molar-refractivity contribution in [2.75, 3.05) is 6.54 Å². The van der Waals surface area contributed by atoms with Gasteiger partial charge < -0.3 is 10.2 Å². The van der Waals surface area contributed by atoms with E-state index < -0.39 is 34.4 Å². The van der Waals surface area contributed by atoms with Gasteiger partial charge in [0.2, 0.25) is 11.8 Å².